The average molecular weight is 215 g/mol. The zero-order valence-corrected chi connectivity index (χ0v) is 9.22. The number of amides is 1. The molecule has 0 saturated carbocycles. The van der Waals surface area contributed by atoms with Crippen molar-refractivity contribution in [2.45, 2.75) is 38.3 Å². The molecule has 0 aromatic heterocycles. The number of nitrogens with two attached hydrogens (primary N) is 2. The second-order valence-corrected chi connectivity index (χ2v) is 4.20. The topological polar surface area (TPSA) is 72.4 Å². The van der Waals surface area contributed by atoms with Crippen LogP contribution < -0.4 is 11.5 Å². The Morgan fingerprint density at radius 2 is 2.14 bits per heavy atom. The lowest BCUT2D eigenvalue weighted by molar-refractivity contribution is -0.123. The first kappa shape index (κ1) is 11.4. The van der Waals surface area contributed by atoms with Crippen LogP contribution in [0.2, 0.25) is 0 Å². The molecule has 1 fully saturated rings. The standard InChI is InChI=1S/C9H17N3OS/c1-6(8(10)13)12-5-3-2-4-7(12)9(11)14/h6-7H,2-5H2,1H3,(H2,10,13)(H2,11,14). The van der Waals surface area contributed by atoms with Crippen LogP contribution >= 0.6 is 12.2 Å². The van der Waals surface area contributed by atoms with Gasteiger partial charge in [0, 0.05) is 0 Å². The van der Waals surface area contributed by atoms with Crippen LogP contribution in [0.1, 0.15) is 26.2 Å². The molecule has 0 bridgehead atoms. The van der Waals surface area contributed by atoms with E-state index < -0.39 is 0 Å². The van der Waals surface area contributed by atoms with Gasteiger partial charge in [0.2, 0.25) is 5.91 Å². The zero-order valence-electron chi connectivity index (χ0n) is 8.40. The normalized spacial score (nSPS) is 25.6. The molecule has 0 radical (unpaired) electrons. The van der Waals surface area contributed by atoms with Crippen LogP contribution in [0.3, 0.4) is 0 Å². The molecule has 1 rings (SSSR count). The Kier molecular flexibility index (Phi) is 3.83. The van der Waals surface area contributed by atoms with Gasteiger partial charge in [0.05, 0.1) is 17.1 Å². The number of carbonyl (C=O) groups excluding carboxylic acids is 1. The molecule has 4 nitrogen and oxygen atoms in total. The Morgan fingerprint density at radius 3 is 2.64 bits per heavy atom. The third-order valence-corrected chi connectivity index (χ3v) is 3.05. The Hall–Kier alpha value is -0.680. The monoisotopic (exact) mass is 215 g/mol. The third-order valence-electron chi connectivity index (χ3n) is 2.78. The summed E-state index contributed by atoms with van der Waals surface area (Å²) >= 11 is 4.98. The fourth-order valence-electron chi connectivity index (χ4n) is 1.89. The van der Waals surface area contributed by atoms with Crippen molar-refractivity contribution in [2.75, 3.05) is 6.54 Å². The predicted octanol–water partition coefficient (Wildman–Crippen LogP) is 0.000800. The van der Waals surface area contributed by atoms with Gasteiger partial charge < -0.3 is 11.5 Å². The summed E-state index contributed by atoms with van der Waals surface area (Å²) in [5.74, 6) is -0.312. The van der Waals surface area contributed by atoms with Crippen LogP contribution in [-0.2, 0) is 4.79 Å². The summed E-state index contributed by atoms with van der Waals surface area (Å²) in [4.78, 5) is 13.5. The number of carbonyl (C=O) groups is 1. The van der Waals surface area contributed by atoms with Crippen molar-refractivity contribution in [1.82, 2.24) is 4.90 Å². The molecule has 2 unspecified atom stereocenters. The summed E-state index contributed by atoms with van der Waals surface area (Å²) in [6.07, 6.45) is 3.13. The Morgan fingerprint density at radius 1 is 1.50 bits per heavy atom. The largest absolute Gasteiger partial charge is 0.392 e. The van der Waals surface area contributed by atoms with Gasteiger partial charge in [-0.3, -0.25) is 9.69 Å². The maximum atomic E-state index is 11.1. The molecule has 80 valence electrons. The molecular weight excluding hydrogens is 198 g/mol. The summed E-state index contributed by atoms with van der Waals surface area (Å²) in [6.45, 7) is 2.66. The van der Waals surface area contributed by atoms with E-state index in [-0.39, 0.29) is 18.0 Å². The number of nitrogens with zero attached hydrogens (tertiary/aromatic N) is 1. The van der Waals surface area contributed by atoms with Crippen LogP contribution in [0.25, 0.3) is 0 Å². The summed E-state index contributed by atoms with van der Waals surface area (Å²) in [6, 6.07) is -0.233. The van der Waals surface area contributed by atoms with E-state index in [4.69, 9.17) is 23.7 Å². The van der Waals surface area contributed by atoms with E-state index in [9.17, 15) is 4.79 Å². The van der Waals surface area contributed by atoms with Crippen LogP contribution in [0.5, 0.6) is 0 Å². The smallest absolute Gasteiger partial charge is 0.234 e. The van der Waals surface area contributed by atoms with Gasteiger partial charge in [-0.1, -0.05) is 18.6 Å². The molecule has 0 aliphatic carbocycles. The number of hydrogen-bond donors (Lipinski definition) is 2. The summed E-state index contributed by atoms with van der Waals surface area (Å²) < 4.78 is 0. The van der Waals surface area contributed by atoms with E-state index in [0.717, 1.165) is 25.8 Å². The van der Waals surface area contributed by atoms with E-state index in [0.29, 0.717) is 4.99 Å². The van der Waals surface area contributed by atoms with Crippen molar-refractivity contribution in [3.63, 3.8) is 0 Å². The van der Waals surface area contributed by atoms with E-state index in [2.05, 4.69) is 0 Å². The Bertz CT molecular complexity index is 244. The second-order valence-electron chi connectivity index (χ2n) is 3.73. The minimum Gasteiger partial charge on any atom is -0.392 e. The molecule has 14 heavy (non-hydrogen) atoms. The fraction of sp³-hybridized carbons (Fsp3) is 0.778. The molecule has 1 heterocycles. The van der Waals surface area contributed by atoms with E-state index in [1.165, 1.54) is 0 Å². The summed E-state index contributed by atoms with van der Waals surface area (Å²) in [7, 11) is 0. The fourth-order valence-corrected chi connectivity index (χ4v) is 2.14. The lowest BCUT2D eigenvalue weighted by atomic mass is 10.00. The van der Waals surface area contributed by atoms with Gasteiger partial charge in [-0.15, -0.1) is 0 Å². The van der Waals surface area contributed by atoms with Crippen molar-refractivity contribution in [3.8, 4) is 0 Å². The molecule has 4 N–H and O–H groups in total. The van der Waals surface area contributed by atoms with Crippen molar-refractivity contribution in [3.05, 3.63) is 0 Å². The van der Waals surface area contributed by atoms with Crippen molar-refractivity contribution >= 4 is 23.1 Å². The van der Waals surface area contributed by atoms with Crippen LogP contribution in [-0.4, -0.2) is 34.4 Å². The van der Waals surface area contributed by atoms with Crippen molar-refractivity contribution in [1.29, 1.82) is 0 Å². The Labute approximate surface area is 89.6 Å². The molecule has 1 amide bonds. The maximum absolute atomic E-state index is 11.1. The minimum absolute atomic E-state index is 0.0428. The molecular formula is C9H17N3OS. The first-order valence-electron chi connectivity index (χ1n) is 4.88. The number of thiocarbonyl (C=S) groups is 1. The molecule has 0 aromatic rings. The lowest BCUT2D eigenvalue weighted by Gasteiger charge is -2.37. The highest BCUT2D eigenvalue weighted by atomic mass is 32.1. The number of rotatable bonds is 3. The minimum atomic E-state index is -0.312. The van der Waals surface area contributed by atoms with E-state index in [1.807, 2.05) is 4.90 Å². The van der Waals surface area contributed by atoms with Gasteiger partial charge in [0.1, 0.15) is 0 Å². The first-order valence-corrected chi connectivity index (χ1v) is 5.29. The van der Waals surface area contributed by atoms with Gasteiger partial charge in [-0.05, 0) is 26.3 Å². The molecule has 1 aliphatic heterocycles. The van der Waals surface area contributed by atoms with Gasteiger partial charge in [0.25, 0.3) is 0 Å². The predicted molar refractivity (Wildman–Crippen MR) is 59.8 cm³/mol. The van der Waals surface area contributed by atoms with Crippen LogP contribution in [0, 0.1) is 0 Å². The third kappa shape index (κ3) is 2.42. The maximum Gasteiger partial charge on any atom is 0.234 e. The van der Waals surface area contributed by atoms with Gasteiger partial charge in [-0.25, -0.2) is 0 Å². The SMILES string of the molecule is CC(C(N)=O)N1CCCCC1C(N)=S. The highest BCUT2D eigenvalue weighted by Gasteiger charge is 2.30. The zero-order chi connectivity index (χ0) is 10.7. The van der Waals surface area contributed by atoms with Crippen molar-refractivity contribution < 1.29 is 4.79 Å². The number of likely N-dealkylation sites (tertiary alicyclic amines) is 1. The number of hydrogen-bond acceptors (Lipinski definition) is 3. The van der Waals surface area contributed by atoms with Crippen LogP contribution in [0.15, 0.2) is 0 Å². The number of piperidine rings is 1. The number of primary amides is 1. The lowest BCUT2D eigenvalue weighted by Crippen LogP contribution is -2.54. The second kappa shape index (κ2) is 4.70. The molecule has 2 atom stereocenters. The molecule has 1 saturated heterocycles. The summed E-state index contributed by atoms with van der Waals surface area (Å²) in [5.41, 5.74) is 10.9. The molecule has 0 aromatic carbocycles. The van der Waals surface area contributed by atoms with Gasteiger partial charge >= 0.3 is 0 Å². The first-order chi connectivity index (χ1) is 6.54. The Balaban J connectivity index is 2.72. The highest BCUT2D eigenvalue weighted by molar-refractivity contribution is 7.80. The van der Waals surface area contributed by atoms with Crippen LogP contribution in [0.4, 0.5) is 0 Å². The van der Waals surface area contributed by atoms with Gasteiger partial charge in [-0.2, -0.15) is 0 Å². The average Bonchev–Trinajstić information content (AvgIpc) is 2.16. The van der Waals surface area contributed by atoms with E-state index in [1.54, 1.807) is 6.92 Å². The summed E-state index contributed by atoms with van der Waals surface area (Å²) in [5, 5.41) is 0. The molecule has 5 heteroatoms. The molecule has 1 aliphatic rings. The highest BCUT2D eigenvalue weighted by Crippen LogP contribution is 2.19. The van der Waals surface area contributed by atoms with E-state index >= 15 is 0 Å². The van der Waals surface area contributed by atoms with Gasteiger partial charge in [0.15, 0.2) is 0 Å². The van der Waals surface area contributed by atoms with Crippen molar-refractivity contribution in [2.24, 2.45) is 11.5 Å². The molecule has 0 spiro atoms. The quantitative estimate of drug-likeness (QED) is 0.650.